The molecule has 3 rings (SSSR count). The molecule has 0 spiro atoms. The highest BCUT2D eigenvalue weighted by molar-refractivity contribution is 5.64. The number of H-pyrrole nitrogens is 1. The maximum absolute atomic E-state index is 4.55. The van der Waals surface area contributed by atoms with Crippen molar-refractivity contribution < 1.29 is 0 Å². The Hall–Kier alpha value is -1.61. The minimum Gasteiger partial charge on any atom is -0.316 e. The summed E-state index contributed by atoms with van der Waals surface area (Å²) < 4.78 is 0. The molecular weight excluding hydrogens is 234 g/mol. The quantitative estimate of drug-likeness (QED) is 0.865. The van der Waals surface area contributed by atoms with Gasteiger partial charge in [0.1, 0.15) is 0 Å². The van der Waals surface area contributed by atoms with E-state index >= 15 is 0 Å². The zero-order valence-electron chi connectivity index (χ0n) is 11.7. The Morgan fingerprint density at radius 1 is 1.26 bits per heavy atom. The Kier molecular flexibility index (Phi) is 3.38. The fraction of sp³-hybridized carbons (Fsp3) is 0.438. The van der Waals surface area contributed by atoms with E-state index in [0.29, 0.717) is 5.92 Å². The van der Waals surface area contributed by atoms with Crippen molar-refractivity contribution in [1.82, 2.24) is 15.5 Å². The summed E-state index contributed by atoms with van der Waals surface area (Å²) in [6.45, 7) is 6.52. The zero-order valence-corrected chi connectivity index (χ0v) is 11.7. The van der Waals surface area contributed by atoms with Crippen LogP contribution in [0.4, 0.5) is 0 Å². The minimum atomic E-state index is 0.583. The summed E-state index contributed by atoms with van der Waals surface area (Å²) in [5, 5.41) is 11.3. The Morgan fingerprint density at radius 3 is 2.89 bits per heavy atom. The molecule has 1 aromatic carbocycles. The predicted molar refractivity (Wildman–Crippen MR) is 78.3 cm³/mol. The average molecular weight is 255 g/mol. The summed E-state index contributed by atoms with van der Waals surface area (Å²) in [5.74, 6) is 0.583. The fourth-order valence-corrected chi connectivity index (χ4v) is 2.98. The topological polar surface area (TPSA) is 40.7 Å². The Labute approximate surface area is 114 Å². The van der Waals surface area contributed by atoms with Crippen LogP contribution < -0.4 is 5.32 Å². The van der Waals surface area contributed by atoms with Crippen molar-refractivity contribution in [3.05, 3.63) is 41.1 Å². The molecule has 2 N–H and O–H groups in total. The van der Waals surface area contributed by atoms with E-state index in [1.54, 1.807) is 0 Å². The van der Waals surface area contributed by atoms with Crippen molar-refractivity contribution in [3.63, 3.8) is 0 Å². The molecule has 1 aliphatic rings. The number of nitrogens with zero attached hydrogens (tertiary/aromatic N) is 1. The van der Waals surface area contributed by atoms with Crippen molar-refractivity contribution in [1.29, 1.82) is 0 Å². The van der Waals surface area contributed by atoms with Gasteiger partial charge in [0.2, 0.25) is 0 Å². The number of hydrogen-bond acceptors (Lipinski definition) is 2. The maximum Gasteiger partial charge on any atom is 0.0952 e. The summed E-state index contributed by atoms with van der Waals surface area (Å²) in [5.41, 5.74) is 6.21. The van der Waals surface area contributed by atoms with Gasteiger partial charge in [-0.3, -0.25) is 5.10 Å². The molecule has 2 aromatic rings. The summed E-state index contributed by atoms with van der Waals surface area (Å²) in [6.07, 6.45) is 2.51. The van der Waals surface area contributed by atoms with Crippen LogP contribution in [0.1, 0.15) is 35.6 Å². The van der Waals surface area contributed by atoms with E-state index in [0.717, 1.165) is 18.8 Å². The van der Waals surface area contributed by atoms with Crippen LogP contribution in [0, 0.1) is 13.8 Å². The van der Waals surface area contributed by atoms with Gasteiger partial charge in [0.05, 0.1) is 5.69 Å². The highest BCUT2D eigenvalue weighted by Crippen LogP contribution is 2.30. The monoisotopic (exact) mass is 255 g/mol. The minimum absolute atomic E-state index is 0.583. The van der Waals surface area contributed by atoms with Crippen LogP contribution in [0.3, 0.4) is 0 Å². The molecule has 0 aliphatic carbocycles. The van der Waals surface area contributed by atoms with Gasteiger partial charge < -0.3 is 5.32 Å². The lowest BCUT2D eigenvalue weighted by molar-refractivity contribution is 0.453. The first-order chi connectivity index (χ1) is 9.25. The number of aryl methyl sites for hydroxylation is 1. The third kappa shape index (κ3) is 2.43. The van der Waals surface area contributed by atoms with E-state index in [-0.39, 0.29) is 0 Å². The zero-order chi connectivity index (χ0) is 13.2. The molecule has 1 aliphatic heterocycles. The van der Waals surface area contributed by atoms with Gasteiger partial charge in [-0.25, -0.2) is 0 Å². The summed E-state index contributed by atoms with van der Waals surface area (Å²) in [4.78, 5) is 0. The summed E-state index contributed by atoms with van der Waals surface area (Å²) in [7, 11) is 0. The lowest BCUT2D eigenvalue weighted by Crippen LogP contribution is -2.28. The van der Waals surface area contributed by atoms with Gasteiger partial charge in [-0.15, -0.1) is 0 Å². The Morgan fingerprint density at radius 2 is 2.16 bits per heavy atom. The Balaban J connectivity index is 1.94. The van der Waals surface area contributed by atoms with Crippen LogP contribution in [-0.4, -0.2) is 23.3 Å². The highest BCUT2D eigenvalue weighted by atomic mass is 15.1. The molecule has 0 bridgehead atoms. The van der Waals surface area contributed by atoms with Crippen molar-refractivity contribution in [3.8, 4) is 11.3 Å². The lowest BCUT2D eigenvalue weighted by Gasteiger charge is -2.22. The van der Waals surface area contributed by atoms with Crippen LogP contribution in [0.2, 0.25) is 0 Å². The average Bonchev–Trinajstić information content (AvgIpc) is 2.81. The van der Waals surface area contributed by atoms with E-state index in [1.165, 1.54) is 35.2 Å². The first kappa shape index (κ1) is 12.4. The molecule has 100 valence electrons. The molecule has 1 aromatic heterocycles. The van der Waals surface area contributed by atoms with Crippen LogP contribution in [0.5, 0.6) is 0 Å². The number of rotatable bonds is 2. The first-order valence-corrected chi connectivity index (χ1v) is 7.08. The largest absolute Gasteiger partial charge is 0.316 e. The van der Waals surface area contributed by atoms with Gasteiger partial charge in [-0.1, -0.05) is 23.8 Å². The Bertz CT molecular complexity index is 565. The van der Waals surface area contributed by atoms with Crippen molar-refractivity contribution in [2.24, 2.45) is 0 Å². The van der Waals surface area contributed by atoms with Gasteiger partial charge in [0.25, 0.3) is 0 Å². The molecule has 1 fully saturated rings. The normalized spacial score (nSPS) is 19.6. The SMILES string of the molecule is Cc1cccc(-c2n[nH]c(C3CCCNC3)c2C)c1. The van der Waals surface area contributed by atoms with E-state index in [4.69, 9.17) is 0 Å². The van der Waals surface area contributed by atoms with E-state index in [2.05, 4.69) is 53.6 Å². The first-order valence-electron chi connectivity index (χ1n) is 7.08. The van der Waals surface area contributed by atoms with Gasteiger partial charge in [0, 0.05) is 23.7 Å². The molecule has 1 saturated heterocycles. The van der Waals surface area contributed by atoms with Crippen LogP contribution in [-0.2, 0) is 0 Å². The number of aromatic amines is 1. The van der Waals surface area contributed by atoms with Gasteiger partial charge in [-0.05, 0) is 44.9 Å². The molecule has 1 unspecified atom stereocenters. The molecule has 0 radical (unpaired) electrons. The molecular formula is C16H21N3. The number of hydrogen-bond donors (Lipinski definition) is 2. The number of benzene rings is 1. The van der Waals surface area contributed by atoms with Gasteiger partial charge in [0.15, 0.2) is 0 Å². The van der Waals surface area contributed by atoms with E-state index in [9.17, 15) is 0 Å². The standard InChI is InChI=1S/C16H21N3/c1-11-5-3-6-13(9-11)15-12(2)16(19-18-15)14-7-4-8-17-10-14/h3,5-6,9,14,17H,4,7-8,10H2,1-2H3,(H,18,19). The third-order valence-electron chi connectivity index (χ3n) is 4.04. The lowest BCUT2D eigenvalue weighted by atomic mass is 9.92. The highest BCUT2D eigenvalue weighted by Gasteiger charge is 2.21. The molecule has 19 heavy (non-hydrogen) atoms. The van der Waals surface area contributed by atoms with Crippen LogP contribution in [0.25, 0.3) is 11.3 Å². The molecule has 3 nitrogen and oxygen atoms in total. The fourth-order valence-electron chi connectivity index (χ4n) is 2.98. The molecule has 1 atom stereocenters. The molecule has 0 amide bonds. The number of nitrogens with one attached hydrogen (secondary N) is 2. The van der Waals surface area contributed by atoms with Crippen molar-refractivity contribution >= 4 is 0 Å². The number of aromatic nitrogens is 2. The van der Waals surface area contributed by atoms with E-state index < -0.39 is 0 Å². The third-order valence-corrected chi connectivity index (χ3v) is 4.04. The molecule has 3 heteroatoms. The number of piperidine rings is 1. The maximum atomic E-state index is 4.55. The van der Waals surface area contributed by atoms with Crippen LogP contribution >= 0.6 is 0 Å². The second kappa shape index (κ2) is 5.17. The van der Waals surface area contributed by atoms with Crippen LogP contribution in [0.15, 0.2) is 24.3 Å². The molecule has 2 heterocycles. The van der Waals surface area contributed by atoms with Gasteiger partial charge >= 0.3 is 0 Å². The predicted octanol–water partition coefficient (Wildman–Crippen LogP) is 3.16. The summed E-state index contributed by atoms with van der Waals surface area (Å²) >= 11 is 0. The molecule has 0 saturated carbocycles. The van der Waals surface area contributed by atoms with Crippen molar-refractivity contribution in [2.75, 3.05) is 13.1 Å². The summed E-state index contributed by atoms with van der Waals surface area (Å²) in [6, 6.07) is 8.56. The van der Waals surface area contributed by atoms with Crippen molar-refractivity contribution in [2.45, 2.75) is 32.6 Å². The van der Waals surface area contributed by atoms with Gasteiger partial charge in [-0.2, -0.15) is 5.10 Å². The second-order valence-corrected chi connectivity index (χ2v) is 5.52. The second-order valence-electron chi connectivity index (χ2n) is 5.52. The van der Waals surface area contributed by atoms with E-state index in [1.807, 2.05) is 0 Å². The smallest absolute Gasteiger partial charge is 0.0952 e.